The van der Waals surface area contributed by atoms with Gasteiger partial charge in [0.05, 0.1) is 11.5 Å². The second-order valence-corrected chi connectivity index (χ2v) is 8.30. The van der Waals surface area contributed by atoms with Gasteiger partial charge >= 0.3 is 5.97 Å². The van der Waals surface area contributed by atoms with Crippen LogP contribution >= 0.6 is 12.4 Å². The second-order valence-electron chi connectivity index (χ2n) is 6.59. The molecule has 1 aromatic heterocycles. The van der Waals surface area contributed by atoms with Gasteiger partial charge in [0.1, 0.15) is 5.58 Å². The van der Waals surface area contributed by atoms with Gasteiger partial charge in [0.25, 0.3) is 0 Å². The lowest BCUT2D eigenvalue weighted by molar-refractivity contribution is 0.0491. The standard InChI is InChI=1S/C18H24N2O5S.ClH/c1-3-24-18(21)17-11(2)14-9-13(7-8-16(14)25-17)26(22,23)20-15-6-4-5-12(15)10-19;/h7-9,12,15,20H,3-6,10,19H2,1-2H3;1H. The molecule has 1 heterocycles. The third-order valence-electron chi connectivity index (χ3n) is 4.95. The van der Waals surface area contributed by atoms with Crippen molar-refractivity contribution in [3.05, 3.63) is 29.5 Å². The number of carbonyl (C=O) groups excluding carboxylic acids is 1. The molecule has 150 valence electrons. The molecule has 1 aliphatic rings. The van der Waals surface area contributed by atoms with Crippen LogP contribution in [0.3, 0.4) is 0 Å². The highest BCUT2D eigenvalue weighted by molar-refractivity contribution is 7.89. The number of hydrogen-bond acceptors (Lipinski definition) is 6. The molecule has 0 radical (unpaired) electrons. The third-order valence-corrected chi connectivity index (χ3v) is 6.43. The number of halogens is 1. The van der Waals surface area contributed by atoms with Crippen LogP contribution < -0.4 is 10.5 Å². The first-order valence-corrected chi connectivity index (χ1v) is 10.3. The second kappa shape index (κ2) is 8.60. The van der Waals surface area contributed by atoms with E-state index in [0.717, 1.165) is 19.3 Å². The van der Waals surface area contributed by atoms with Crippen molar-refractivity contribution in [2.45, 2.75) is 44.0 Å². The normalized spacial score (nSPS) is 19.8. The fraction of sp³-hybridized carbons (Fsp3) is 0.500. The number of rotatable bonds is 6. The van der Waals surface area contributed by atoms with Crippen LogP contribution in [0.4, 0.5) is 0 Å². The number of nitrogens with two attached hydrogens (primary N) is 1. The fourth-order valence-corrected chi connectivity index (χ4v) is 4.87. The Morgan fingerprint density at radius 2 is 2.11 bits per heavy atom. The zero-order chi connectivity index (χ0) is 18.9. The van der Waals surface area contributed by atoms with Crippen LogP contribution in [0.2, 0.25) is 0 Å². The maximum atomic E-state index is 12.8. The van der Waals surface area contributed by atoms with E-state index in [1.54, 1.807) is 19.9 Å². The molecule has 27 heavy (non-hydrogen) atoms. The van der Waals surface area contributed by atoms with E-state index in [4.69, 9.17) is 14.9 Å². The summed E-state index contributed by atoms with van der Waals surface area (Å²) in [6, 6.07) is 4.44. The molecule has 2 atom stereocenters. The lowest BCUT2D eigenvalue weighted by Gasteiger charge is -2.19. The minimum absolute atomic E-state index is 0. The van der Waals surface area contributed by atoms with E-state index in [2.05, 4.69) is 4.72 Å². The van der Waals surface area contributed by atoms with E-state index in [1.807, 2.05) is 0 Å². The molecule has 2 unspecified atom stereocenters. The number of furan rings is 1. The summed E-state index contributed by atoms with van der Waals surface area (Å²) in [6.07, 6.45) is 2.70. The predicted octanol–water partition coefficient (Wildman–Crippen LogP) is 2.75. The van der Waals surface area contributed by atoms with Crippen molar-refractivity contribution >= 4 is 39.4 Å². The van der Waals surface area contributed by atoms with Crippen molar-refractivity contribution in [3.63, 3.8) is 0 Å². The minimum atomic E-state index is -3.68. The van der Waals surface area contributed by atoms with Gasteiger partial charge in [-0.3, -0.25) is 0 Å². The van der Waals surface area contributed by atoms with Crippen molar-refractivity contribution in [1.29, 1.82) is 0 Å². The summed E-state index contributed by atoms with van der Waals surface area (Å²) in [4.78, 5) is 12.1. The van der Waals surface area contributed by atoms with Crippen molar-refractivity contribution in [2.75, 3.05) is 13.2 Å². The summed E-state index contributed by atoms with van der Waals surface area (Å²) in [5.41, 5.74) is 6.76. The van der Waals surface area contributed by atoms with Crippen LogP contribution in [0.25, 0.3) is 11.0 Å². The van der Waals surface area contributed by atoms with Gasteiger partial charge in [0.15, 0.2) is 0 Å². The number of ether oxygens (including phenoxy) is 1. The van der Waals surface area contributed by atoms with Gasteiger partial charge in [-0.15, -0.1) is 12.4 Å². The zero-order valence-corrected chi connectivity index (χ0v) is 17.0. The Morgan fingerprint density at radius 1 is 1.37 bits per heavy atom. The van der Waals surface area contributed by atoms with Crippen molar-refractivity contribution in [2.24, 2.45) is 11.7 Å². The first-order valence-electron chi connectivity index (χ1n) is 8.80. The van der Waals surface area contributed by atoms with E-state index in [0.29, 0.717) is 23.1 Å². The van der Waals surface area contributed by atoms with Crippen LogP contribution in [0, 0.1) is 12.8 Å². The predicted molar refractivity (Wildman–Crippen MR) is 105 cm³/mol. The molecule has 1 fully saturated rings. The molecule has 1 aliphatic carbocycles. The van der Waals surface area contributed by atoms with E-state index in [9.17, 15) is 13.2 Å². The number of benzene rings is 1. The molecule has 3 N–H and O–H groups in total. The number of nitrogens with one attached hydrogen (secondary N) is 1. The molecule has 1 saturated carbocycles. The average Bonchev–Trinajstić information content (AvgIpc) is 3.18. The van der Waals surface area contributed by atoms with E-state index in [1.165, 1.54) is 12.1 Å². The number of hydrogen-bond donors (Lipinski definition) is 2. The van der Waals surface area contributed by atoms with E-state index < -0.39 is 16.0 Å². The molecule has 0 bridgehead atoms. The summed E-state index contributed by atoms with van der Waals surface area (Å²) >= 11 is 0. The molecule has 2 aromatic rings. The Bertz CT molecular complexity index is 925. The summed E-state index contributed by atoms with van der Waals surface area (Å²) < 4.78 is 38.8. The topological polar surface area (TPSA) is 112 Å². The van der Waals surface area contributed by atoms with Gasteiger partial charge in [-0.2, -0.15) is 0 Å². The van der Waals surface area contributed by atoms with E-state index in [-0.39, 0.29) is 41.6 Å². The number of carbonyl (C=O) groups is 1. The number of sulfonamides is 1. The van der Waals surface area contributed by atoms with E-state index >= 15 is 0 Å². The monoisotopic (exact) mass is 416 g/mol. The van der Waals surface area contributed by atoms with Gasteiger partial charge in [-0.05, 0) is 57.4 Å². The molecule has 0 amide bonds. The lowest BCUT2D eigenvalue weighted by atomic mass is 10.1. The summed E-state index contributed by atoms with van der Waals surface area (Å²) in [6.45, 7) is 4.13. The smallest absolute Gasteiger partial charge is 0.374 e. The highest BCUT2D eigenvalue weighted by Crippen LogP contribution is 2.30. The zero-order valence-electron chi connectivity index (χ0n) is 15.4. The van der Waals surface area contributed by atoms with Crippen molar-refractivity contribution in [1.82, 2.24) is 4.72 Å². The van der Waals surface area contributed by atoms with Crippen molar-refractivity contribution < 1.29 is 22.4 Å². The Labute approximate surface area is 165 Å². The Kier molecular flexibility index (Phi) is 6.91. The highest BCUT2D eigenvalue weighted by Gasteiger charge is 2.30. The largest absolute Gasteiger partial charge is 0.460 e. The quantitative estimate of drug-likeness (QED) is 0.700. The first kappa shape index (κ1) is 21.7. The van der Waals surface area contributed by atoms with Crippen LogP contribution in [0.1, 0.15) is 42.3 Å². The van der Waals surface area contributed by atoms with Crippen LogP contribution in [0.5, 0.6) is 0 Å². The fourth-order valence-electron chi connectivity index (χ4n) is 3.50. The Hall–Kier alpha value is -1.61. The molecule has 3 rings (SSSR count). The Morgan fingerprint density at radius 3 is 2.78 bits per heavy atom. The minimum Gasteiger partial charge on any atom is -0.460 e. The van der Waals surface area contributed by atoms with Crippen molar-refractivity contribution in [3.8, 4) is 0 Å². The Balaban J connectivity index is 0.00000261. The molecular weight excluding hydrogens is 392 g/mol. The highest BCUT2D eigenvalue weighted by atomic mass is 35.5. The molecule has 0 spiro atoms. The number of esters is 1. The molecule has 7 nitrogen and oxygen atoms in total. The maximum Gasteiger partial charge on any atom is 0.374 e. The third kappa shape index (κ3) is 4.29. The molecular formula is C18H25ClN2O5S. The SMILES string of the molecule is CCOC(=O)c1oc2ccc(S(=O)(=O)NC3CCCC3CN)cc2c1C.Cl. The lowest BCUT2D eigenvalue weighted by Crippen LogP contribution is -2.39. The van der Waals surface area contributed by atoms with Crippen LogP contribution in [-0.4, -0.2) is 33.6 Å². The average molecular weight is 417 g/mol. The maximum absolute atomic E-state index is 12.8. The molecule has 9 heteroatoms. The van der Waals surface area contributed by atoms with Crippen LogP contribution in [0.15, 0.2) is 27.5 Å². The summed E-state index contributed by atoms with van der Waals surface area (Å²) in [5, 5.41) is 0.581. The molecule has 0 saturated heterocycles. The van der Waals surface area contributed by atoms with Gasteiger partial charge in [0, 0.05) is 17.0 Å². The van der Waals surface area contributed by atoms with Gasteiger partial charge in [-0.1, -0.05) is 6.42 Å². The van der Waals surface area contributed by atoms with Gasteiger partial charge in [0.2, 0.25) is 15.8 Å². The van der Waals surface area contributed by atoms with Crippen LogP contribution in [-0.2, 0) is 14.8 Å². The van der Waals surface area contributed by atoms with Gasteiger partial charge < -0.3 is 14.9 Å². The summed E-state index contributed by atoms with van der Waals surface area (Å²) in [5.74, 6) is -0.289. The molecule has 0 aliphatic heterocycles. The number of aryl methyl sites for hydroxylation is 1. The van der Waals surface area contributed by atoms with Gasteiger partial charge in [-0.25, -0.2) is 17.9 Å². The first-order chi connectivity index (χ1) is 12.4. The number of fused-ring (bicyclic) bond motifs is 1. The molecule has 1 aromatic carbocycles. The summed E-state index contributed by atoms with van der Waals surface area (Å²) in [7, 11) is -3.68.